The van der Waals surface area contributed by atoms with Crippen LogP contribution >= 0.6 is 22.9 Å². The molecule has 7 nitrogen and oxygen atoms in total. The zero-order chi connectivity index (χ0) is 19.5. The van der Waals surface area contributed by atoms with Crippen molar-refractivity contribution in [1.82, 2.24) is 9.88 Å². The number of aromatic nitrogens is 1. The Labute approximate surface area is 171 Å². The molecule has 1 aromatic carbocycles. The molecule has 1 atom stereocenters. The molecular formula is C19H20ClN3O4S. The molecule has 3 heterocycles. The Morgan fingerprint density at radius 2 is 2.18 bits per heavy atom. The molecule has 1 fully saturated rings. The number of halogens is 1. The number of rotatable bonds is 4. The molecule has 0 radical (unpaired) electrons. The normalized spacial score (nSPS) is 18.6. The fourth-order valence-electron chi connectivity index (χ4n) is 3.46. The van der Waals surface area contributed by atoms with Crippen molar-refractivity contribution in [3.63, 3.8) is 0 Å². The minimum absolute atomic E-state index is 0.0282. The standard InChI is InChI=1S/C19H20ClN3O4S/c20-14-8-12(9-15-17(14)27-6-5-26-15)10-16(24)23-4-1-2-13(11-23)18(25)22-19-21-3-7-28-19/h3,7-9,13H,1-2,4-6,10-11H2,(H,21,22,25). The summed E-state index contributed by atoms with van der Waals surface area (Å²) < 4.78 is 11.1. The summed E-state index contributed by atoms with van der Waals surface area (Å²) >= 11 is 7.64. The van der Waals surface area contributed by atoms with Crippen molar-refractivity contribution in [2.75, 3.05) is 31.6 Å². The second kappa shape index (κ2) is 8.36. The number of piperidine rings is 1. The van der Waals surface area contributed by atoms with Gasteiger partial charge in [0.2, 0.25) is 11.8 Å². The number of carbonyl (C=O) groups is 2. The molecule has 0 bridgehead atoms. The Bertz CT molecular complexity index is 874. The smallest absolute Gasteiger partial charge is 0.231 e. The lowest BCUT2D eigenvalue weighted by Gasteiger charge is -2.32. The van der Waals surface area contributed by atoms with E-state index in [9.17, 15) is 9.59 Å². The molecule has 4 rings (SSSR count). The molecule has 2 aromatic rings. The van der Waals surface area contributed by atoms with Crippen molar-refractivity contribution >= 4 is 39.9 Å². The predicted molar refractivity (Wildman–Crippen MR) is 106 cm³/mol. The Morgan fingerprint density at radius 1 is 1.32 bits per heavy atom. The zero-order valence-corrected chi connectivity index (χ0v) is 16.7. The van der Waals surface area contributed by atoms with Gasteiger partial charge in [0.25, 0.3) is 0 Å². The van der Waals surface area contributed by atoms with Gasteiger partial charge in [0.1, 0.15) is 13.2 Å². The van der Waals surface area contributed by atoms with E-state index in [0.717, 1.165) is 18.4 Å². The van der Waals surface area contributed by atoms with E-state index in [1.165, 1.54) is 11.3 Å². The first kappa shape index (κ1) is 19.0. The van der Waals surface area contributed by atoms with E-state index in [4.69, 9.17) is 21.1 Å². The average molecular weight is 422 g/mol. The van der Waals surface area contributed by atoms with Crippen LogP contribution < -0.4 is 14.8 Å². The average Bonchev–Trinajstić information content (AvgIpc) is 3.21. The van der Waals surface area contributed by atoms with Crippen LogP contribution in [0.4, 0.5) is 5.13 Å². The number of hydrogen-bond acceptors (Lipinski definition) is 6. The summed E-state index contributed by atoms with van der Waals surface area (Å²) in [5.74, 6) is 0.752. The maximum atomic E-state index is 12.8. The topological polar surface area (TPSA) is 80.8 Å². The van der Waals surface area contributed by atoms with Crippen molar-refractivity contribution < 1.29 is 19.1 Å². The third-order valence-corrected chi connectivity index (χ3v) is 5.79. The number of benzene rings is 1. The number of ether oxygens (including phenoxy) is 2. The summed E-state index contributed by atoms with van der Waals surface area (Å²) in [5.41, 5.74) is 0.772. The molecule has 1 unspecified atom stereocenters. The highest BCUT2D eigenvalue weighted by Gasteiger charge is 2.29. The van der Waals surface area contributed by atoms with Gasteiger partial charge < -0.3 is 19.7 Å². The lowest BCUT2D eigenvalue weighted by molar-refractivity contribution is -0.133. The Balaban J connectivity index is 1.39. The highest BCUT2D eigenvalue weighted by molar-refractivity contribution is 7.13. The van der Waals surface area contributed by atoms with E-state index in [2.05, 4.69) is 10.3 Å². The molecule has 9 heteroatoms. The van der Waals surface area contributed by atoms with Gasteiger partial charge in [0.05, 0.1) is 17.4 Å². The molecule has 0 saturated carbocycles. The molecule has 0 aliphatic carbocycles. The number of anilines is 1. The molecule has 2 amide bonds. The third-order valence-electron chi connectivity index (χ3n) is 4.82. The zero-order valence-electron chi connectivity index (χ0n) is 15.2. The summed E-state index contributed by atoms with van der Waals surface area (Å²) in [6.07, 6.45) is 3.41. The van der Waals surface area contributed by atoms with E-state index in [1.807, 2.05) is 5.38 Å². The first-order valence-corrected chi connectivity index (χ1v) is 10.4. The van der Waals surface area contributed by atoms with Gasteiger partial charge in [-0.2, -0.15) is 0 Å². The van der Waals surface area contributed by atoms with Crippen LogP contribution in [0.15, 0.2) is 23.7 Å². The summed E-state index contributed by atoms with van der Waals surface area (Å²) in [5, 5.41) is 5.66. The van der Waals surface area contributed by atoms with Crippen molar-refractivity contribution in [2.45, 2.75) is 19.3 Å². The number of thiazole rings is 1. The van der Waals surface area contributed by atoms with Gasteiger partial charge >= 0.3 is 0 Å². The summed E-state index contributed by atoms with van der Waals surface area (Å²) in [6.45, 7) is 1.98. The van der Waals surface area contributed by atoms with Crippen molar-refractivity contribution in [3.8, 4) is 11.5 Å². The van der Waals surface area contributed by atoms with Crippen LogP contribution in [-0.2, 0) is 16.0 Å². The number of hydrogen-bond donors (Lipinski definition) is 1. The van der Waals surface area contributed by atoms with E-state index in [0.29, 0.717) is 48.0 Å². The Kier molecular flexibility index (Phi) is 5.68. The summed E-state index contributed by atoms with van der Waals surface area (Å²) in [7, 11) is 0. The molecule has 28 heavy (non-hydrogen) atoms. The van der Waals surface area contributed by atoms with E-state index >= 15 is 0 Å². The maximum Gasteiger partial charge on any atom is 0.231 e. The molecule has 0 spiro atoms. The van der Waals surface area contributed by atoms with E-state index < -0.39 is 0 Å². The van der Waals surface area contributed by atoms with Crippen LogP contribution in [0, 0.1) is 5.92 Å². The van der Waals surface area contributed by atoms with E-state index in [1.54, 1.807) is 23.2 Å². The lowest BCUT2D eigenvalue weighted by Crippen LogP contribution is -2.44. The second-order valence-corrected chi connectivity index (χ2v) is 8.09. The highest BCUT2D eigenvalue weighted by Crippen LogP contribution is 2.38. The monoisotopic (exact) mass is 421 g/mol. The molecule has 2 aliphatic heterocycles. The number of fused-ring (bicyclic) bond motifs is 1. The minimum atomic E-state index is -0.231. The Hall–Kier alpha value is -2.32. The van der Waals surface area contributed by atoms with Gasteiger partial charge in [-0.3, -0.25) is 9.59 Å². The SMILES string of the molecule is O=C(Nc1nccs1)C1CCCN(C(=O)Cc2cc(Cl)c3c(c2)OCCO3)C1. The fraction of sp³-hybridized carbons (Fsp3) is 0.421. The molecular weight excluding hydrogens is 402 g/mol. The maximum absolute atomic E-state index is 12.8. The van der Waals surface area contributed by atoms with Crippen LogP contribution in [0.5, 0.6) is 11.5 Å². The Morgan fingerprint density at radius 3 is 3.00 bits per heavy atom. The molecule has 1 aromatic heterocycles. The van der Waals surface area contributed by atoms with E-state index in [-0.39, 0.29) is 24.2 Å². The van der Waals surface area contributed by atoms with Crippen LogP contribution in [0.1, 0.15) is 18.4 Å². The van der Waals surface area contributed by atoms with Gasteiger partial charge in [-0.05, 0) is 30.5 Å². The van der Waals surface area contributed by atoms with Crippen molar-refractivity contribution in [3.05, 3.63) is 34.3 Å². The van der Waals surface area contributed by atoms with Gasteiger partial charge in [-0.1, -0.05) is 11.6 Å². The summed E-state index contributed by atoms with van der Waals surface area (Å²) in [4.78, 5) is 31.1. The van der Waals surface area contributed by atoms with Crippen LogP contribution in [0.3, 0.4) is 0 Å². The lowest BCUT2D eigenvalue weighted by atomic mass is 9.96. The molecule has 1 saturated heterocycles. The first-order valence-electron chi connectivity index (χ1n) is 9.16. The van der Waals surface area contributed by atoms with Crippen molar-refractivity contribution in [2.24, 2.45) is 5.92 Å². The minimum Gasteiger partial charge on any atom is -0.486 e. The van der Waals surface area contributed by atoms with Gasteiger partial charge in [0, 0.05) is 24.7 Å². The molecule has 1 N–H and O–H groups in total. The molecule has 148 valence electrons. The fourth-order valence-corrected chi connectivity index (χ4v) is 4.28. The molecule has 2 aliphatic rings. The number of amides is 2. The van der Waals surface area contributed by atoms with Gasteiger partial charge in [0.15, 0.2) is 16.6 Å². The van der Waals surface area contributed by atoms with Crippen LogP contribution in [-0.4, -0.2) is 48.0 Å². The highest BCUT2D eigenvalue weighted by atomic mass is 35.5. The van der Waals surface area contributed by atoms with Crippen LogP contribution in [0.25, 0.3) is 0 Å². The summed E-state index contributed by atoms with van der Waals surface area (Å²) in [6, 6.07) is 3.54. The van der Waals surface area contributed by atoms with Gasteiger partial charge in [-0.15, -0.1) is 11.3 Å². The quantitative estimate of drug-likeness (QED) is 0.820. The van der Waals surface area contributed by atoms with Crippen LogP contribution in [0.2, 0.25) is 5.02 Å². The predicted octanol–water partition coefficient (Wildman–Crippen LogP) is 2.99. The van der Waals surface area contributed by atoms with Gasteiger partial charge in [-0.25, -0.2) is 4.98 Å². The van der Waals surface area contributed by atoms with Crippen molar-refractivity contribution in [1.29, 1.82) is 0 Å². The number of nitrogens with one attached hydrogen (secondary N) is 1. The third kappa shape index (κ3) is 4.23. The largest absolute Gasteiger partial charge is 0.486 e. The number of nitrogens with zero attached hydrogens (tertiary/aromatic N) is 2. The number of likely N-dealkylation sites (tertiary alicyclic amines) is 1. The number of carbonyl (C=O) groups excluding carboxylic acids is 2. The second-order valence-electron chi connectivity index (χ2n) is 6.78. The first-order chi connectivity index (χ1) is 13.6.